The summed E-state index contributed by atoms with van der Waals surface area (Å²) in [4.78, 5) is 16.9. The lowest BCUT2D eigenvalue weighted by atomic mass is 10.2. The molecule has 0 bridgehead atoms. The number of halogens is 2. The van der Waals surface area contributed by atoms with Gasteiger partial charge in [0.25, 0.3) is 5.56 Å². The summed E-state index contributed by atoms with van der Waals surface area (Å²) >= 11 is 0. The second-order valence-corrected chi connectivity index (χ2v) is 5.85. The SMILES string of the molecule is O=c1c2nnn(Cc3ccc(F)cc3)c2ncn1Cc1ccc(F)cc1. The average Bonchev–Trinajstić information content (AvgIpc) is 3.05. The van der Waals surface area contributed by atoms with E-state index >= 15 is 0 Å². The Hall–Kier alpha value is -3.42. The normalized spacial score (nSPS) is 11.2. The molecule has 0 aliphatic rings. The predicted molar refractivity (Wildman–Crippen MR) is 90.6 cm³/mol. The first-order chi connectivity index (χ1) is 12.6. The van der Waals surface area contributed by atoms with Crippen molar-refractivity contribution in [2.45, 2.75) is 13.1 Å². The fourth-order valence-electron chi connectivity index (χ4n) is 2.66. The van der Waals surface area contributed by atoms with Gasteiger partial charge >= 0.3 is 0 Å². The van der Waals surface area contributed by atoms with Crippen LogP contribution in [0, 0.1) is 11.6 Å². The third-order valence-corrected chi connectivity index (χ3v) is 4.00. The quantitative estimate of drug-likeness (QED) is 0.565. The molecule has 26 heavy (non-hydrogen) atoms. The molecule has 6 nitrogen and oxygen atoms in total. The summed E-state index contributed by atoms with van der Waals surface area (Å²) in [5, 5.41) is 7.91. The molecule has 0 atom stereocenters. The van der Waals surface area contributed by atoms with E-state index in [1.807, 2.05) is 0 Å². The van der Waals surface area contributed by atoms with Gasteiger partial charge in [-0.25, -0.2) is 18.4 Å². The third-order valence-electron chi connectivity index (χ3n) is 4.00. The van der Waals surface area contributed by atoms with Gasteiger partial charge < -0.3 is 0 Å². The highest BCUT2D eigenvalue weighted by molar-refractivity contribution is 5.67. The van der Waals surface area contributed by atoms with Crippen molar-refractivity contribution < 1.29 is 8.78 Å². The van der Waals surface area contributed by atoms with E-state index in [1.165, 1.54) is 39.8 Å². The number of hydrogen-bond donors (Lipinski definition) is 0. The Labute approximate surface area is 146 Å². The Morgan fingerprint density at radius 2 is 1.42 bits per heavy atom. The average molecular weight is 353 g/mol. The summed E-state index contributed by atoms with van der Waals surface area (Å²) in [5.41, 5.74) is 1.76. The van der Waals surface area contributed by atoms with Crippen molar-refractivity contribution >= 4 is 11.2 Å². The molecule has 0 aliphatic carbocycles. The van der Waals surface area contributed by atoms with Crippen LogP contribution >= 0.6 is 0 Å². The van der Waals surface area contributed by atoms with Crippen LogP contribution < -0.4 is 5.56 Å². The number of rotatable bonds is 4. The molecule has 0 saturated heterocycles. The van der Waals surface area contributed by atoms with Gasteiger partial charge in [0.1, 0.15) is 18.0 Å². The fourth-order valence-corrected chi connectivity index (χ4v) is 2.66. The van der Waals surface area contributed by atoms with E-state index in [0.717, 1.165) is 11.1 Å². The van der Waals surface area contributed by atoms with Gasteiger partial charge in [0.05, 0.1) is 13.1 Å². The highest BCUT2D eigenvalue weighted by atomic mass is 19.1. The van der Waals surface area contributed by atoms with Gasteiger partial charge in [0.2, 0.25) is 0 Å². The highest BCUT2D eigenvalue weighted by Gasteiger charge is 2.12. The molecule has 2 heterocycles. The minimum Gasteiger partial charge on any atom is -0.293 e. The van der Waals surface area contributed by atoms with Crippen molar-refractivity contribution in [2.75, 3.05) is 0 Å². The number of nitrogens with zero attached hydrogens (tertiary/aromatic N) is 5. The lowest BCUT2D eigenvalue weighted by molar-refractivity contribution is 0.623. The molecular formula is C18H13F2N5O. The second kappa shape index (κ2) is 6.47. The van der Waals surface area contributed by atoms with Crippen molar-refractivity contribution in [3.8, 4) is 0 Å². The molecule has 0 unspecified atom stereocenters. The van der Waals surface area contributed by atoms with Crippen LogP contribution in [0.25, 0.3) is 11.2 Å². The van der Waals surface area contributed by atoms with E-state index in [0.29, 0.717) is 12.2 Å². The minimum atomic E-state index is -0.335. The fraction of sp³-hybridized carbons (Fsp3) is 0.111. The van der Waals surface area contributed by atoms with E-state index in [9.17, 15) is 13.6 Å². The summed E-state index contributed by atoms with van der Waals surface area (Å²) in [6, 6.07) is 11.9. The summed E-state index contributed by atoms with van der Waals surface area (Å²) in [5.74, 6) is -0.655. The molecule has 4 rings (SSSR count). The molecular weight excluding hydrogens is 340 g/mol. The van der Waals surface area contributed by atoms with E-state index in [1.54, 1.807) is 24.3 Å². The lowest BCUT2D eigenvalue weighted by Crippen LogP contribution is -2.21. The molecule has 4 aromatic rings. The van der Waals surface area contributed by atoms with E-state index in [2.05, 4.69) is 15.3 Å². The predicted octanol–water partition coefficient (Wildman–Crippen LogP) is 2.36. The molecule has 130 valence electrons. The van der Waals surface area contributed by atoms with Crippen molar-refractivity contribution in [2.24, 2.45) is 0 Å². The van der Waals surface area contributed by atoms with Gasteiger partial charge in [-0.1, -0.05) is 29.5 Å². The molecule has 2 aromatic carbocycles. The molecule has 0 aliphatic heterocycles. The lowest BCUT2D eigenvalue weighted by Gasteiger charge is -2.06. The van der Waals surface area contributed by atoms with E-state index in [-0.39, 0.29) is 29.3 Å². The maximum absolute atomic E-state index is 13.0. The van der Waals surface area contributed by atoms with Crippen LogP contribution in [0.5, 0.6) is 0 Å². The van der Waals surface area contributed by atoms with E-state index in [4.69, 9.17) is 0 Å². The summed E-state index contributed by atoms with van der Waals surface area (Å²) in [6.45, 7) is 0.581. The smallest absolute Gasteiger partial charge is 0.283 e. The van der Waals surface area contributed by atoms with E-state index < -0.39 is 0 Å². The zero-order valence-corrected chi connectivity index (χ0v) is 13.5. The first kappa shape index (κ1) is 16.1. The topological polar surface area (TPSA) is 65.6 Å². The van der Waals surface area contributed by atoms with Gasteiger partial charge in [0, 0.05) is 0 Å². The number of hydrogen-bond acceptors (Lipinski definition) is 4. The Kier molecular flexibility index (Phi) is 4.00. The summed E-state index contributed by atoms with van der Waals surface area (Å²) in [7, 11) is 0. The monoisotopic (exact) mass is 353 g/mol. The summed E-state index contributed by atoms with van der Waals surface area (Å²) < 4.78 is 28.9. The molecule has 8 heteroatoms. The zero-order valence-electron chi connectivity index (χ0n) is 13.5. The minimum absolute atomic E-state index is 0.150. The summed E-state index contributed by atoms with van der Waals surface area (Å²) in [6.07, 6.45) is 1.42. The molecule has 0 spiro atoms. The molecule has 0 amide bonds. The van der Waals surface area contributed by atoms with Gasteiger partial charge in [-0.05, 0) is 35.4 Å². The van der Waals surface area contributed by atoms with Crippen LogP contribution in [0.1, 0.15) is 11.1 Å². The molecule has 0 radical (unpaired) electrons. The Bertz CT molecular complexity index is 1120. The molecule has 2 aromatic heterocycles. The Morgan fingerprint density at radius 3 is 2.04 bits per heavy atom. The number of aromatic nitrogens is 5. The van der Waals surface area contributed by atoms with Crippen LogP contribution in [-0.4, -0.2) is 24.5 Å². The van der Waals surface area contributed by atoms with Gasteiger partial charge in [-0.3, -0.25) is 9.36 Å². The van der Waals surface area contributed by atoms with Crippen LogP contribution in [0.2, 0.25) is 0 Å². The van der Waals surface area contributed by atoms with Crippen molar-refractivity contribution in [3.63, 3.8) is 0 Å². The second-order valence-electron chi connectivity index (χ2n) is 5.85. The Morgan fingerprint density at radius 1 is 0.846 bits per heavy atom. The maximum Gasteiger partial charge on any atom is 0.283 e. The molecule has 0 fully saturated rings. The van der Waals surface area contributed by atoms with Crippen molar-refractivity contribution in [3.05, 3.63) is 88.0 Å². The zero-order chi connectivity index (χ0) is 18.1. The van der Waals surface area contributed by atoms with Gasteiger partial charge in [-0.15, -0.1) is 5.10 Å². The largest absolute Gasteiger partial charge is 0.293 e. The van der Waals surface area contributed by atoms with Crippen molar-refractivity contribution in [1.82, 2.24) is 24.5 Å². The van der Waals surface area contributed by atoms with Crippen LogP contribution in [0.3, 0.4) is 0 Å². The highest BCUT2D eigenvalue weighted by Crippen LogP contribution is 2.09. The maximum atomic E-state index is 13.0. The van der Waals surface area contributed by atoms with Crippen LogP contribution in [0.15, 0.2) is 59.7 Å². The third kappa shape index (κ3) is 3.08. The van der Waals surface area contributed by atoms with Crippen LogP contribution in [0.4, 0.5) is 8.78 Å². The first-order valence-corrected chi connectivity index (χ1v) is 7.88. The van der Waals surface area contributed by atoms with Crippen molar-refractivity contribution in [1.29, 1.82) is 0 Å². The first-order valence-electron chi connectivity index (χ1n) is 7.88. The van der Waals surface area contributed by atoms with Gasteiger partial charge in [-0.2, -0.15) is 0 Å². The molecule has 0 saturated carbocycles. The molecule has 0 N–H and O–H groups in total. The number of benzene rings is 2. The number of fused-ring (bicyclic) bond motifs is 1. The van der Waals surface area contributed by atoms with Gasteiger partial charge in [0.15, 0.2) is 11.2 Å². The standard InChI is InChI=1S/C18H13F2N5O/c19-14-5-1-12(2-6-14)9-24-11-21-17-16(18(24)26)22-23-25(17)10-13-3-7-15(20)8-4-13/h1-8,11H,9-10H2. The van der Waals surface area contributed by atoms with Crippen LogP contribution in [-0.2, 0) is 13.1 Å². The Balaban J connectivity index is 1.65.